The van der Waals surface area contributed by atoms with E-state index in [9.17, 15) is 0 Å². The molecule has 5 heteroatoms. The Kier molecular flexibility index (Phi) is 3.81. The van der Waals surface area contributed by atoms with Crippen LogP contribution in [0.2, 0.25) is 0 Å². The number of hydrogen-bond donors (Lipinski definition) is 1. The summed E-state index contributed by atoms with van der Waals surface area (Å²) in [5.41, 5.74) is 0.820. The molecule has 0 saturated carbocycles. The summed E-state index contributed by atoms with van der Waals surface area (Å²) in [5, 5.41) is 7.62. The Balaban J connectivity index is 1.85. The third-order valence-corrected chi connectivity index (χ3v) is 4.61. The van der Waals surface area contributed by atoms with Crippen molar-refractivity contribution in [3.8, 4) is 11.4 Å². The van der Waals surface area contributed by atoms with Crippen LogP contribution in [-0.2, 0) is 5.54 Å². The first-order valence-corrected chi connectivity index (χ1v) is 8.17. The van der Waals surface area contributed by atoms with E-state index in [0.717, 1.165) is 18.5 Å². The minimum absolute atomic E-state index is 0.178. The molecule has 20 heavy (non-hydrogen) atoms. The highest BCUT2D eigenvalue weighted by Gasteiger charge is 2.34. The van der Waals surface area contributed by atoms with E-state index in [0.29, 0.717) is 11.7 Å². The zero-order chi connectivity index (χ0) is 14.0. The summed E-state index contributed by atoms with van der Waals surface area (Å²) in [5.74, 6) is 1.36. The van der Waals surface area contributed by atoms with Crippen molar-refractivity contribution < 1.29 is 4.52 Å². The van der Waals surface area contributed by atoms with Crippen molar-refractivity contribution in [1.29, 1.82) is 0 Å². The maximum absolute atomic E-state index is 5.49. The van der Waals surface area contributed by atoms with Gasteiger partial charge in [-0.3, -0.25) is 0 Å². The lowest BCUT2D eigenvalue weighted by molar-refractivity contribution is 0.207. The quantitative estimate of drug-likeness (QED) is 0.877. The number of thioether (sulfide) groups is 1. The summed E-state index contributed by atoms with van der Waals surface area (Å²) >= 11 is 1.73. The molecule has 2 heterocycles. The molecular formula is C15H19N3OS. The van der Waals surface area contributed by atoms with Crippen LogP contribution in [0.4, 0.5) is 0 Å². The van der Waals surface area contributed by atoms with Gasteiger partial charge in [0, 0.05) is 10.5 Å². The lowest BCUT2D eigenvalue weighted by Gasteiger charge is -2.31. The summed E-state index contributed by atoms with van der Waals surface area (Å²) < 4.78 is 5.49. The number of hydrogen-bond acceptors (Lipinski definition) is 5. The zero-order valence-corrected chi connectivity index (χ0v) is 12.7. The van der Waals surface area contributed by atoms with Crippen molar-refractivity contribution in [1.82, 2.24) is 15.5 Å². The summed E-state index contributed by atoms with van der Waals surface area (Å²) in [7, 11) is 0. The Morgan fingerprint density at radius 2 is 2.05 bits per heavy atom. The molecule has 0 spiro atoms. The normalized spacial score (nSPS) is 22.9. The van der Waals surface area contributed by atoms with Gasteiger partial charge in [0.25, 0.3) is 0 Å². The van der Waals surface area contributed by atoms with E-state index in [1.54, 1.807) is 11.8 Å². The van der Waals surface area contributed by atoms with Gasteiger partial charge in [0.1, 0.15) is 0 Å². The molecule has 1 N–H and O–H groups in total. The Morgan fingerprint density at radius 1 is 1.25 bits per heavy atom. The van der Waals surface area contributed by atoms with E-state index in [1.807, 2.05) is 12.1 Å². The largest absolute Gasteiger partial charge is 0.337 e. The SMILES string of the molecule is CSc1ccc(-c2noc(C3(C)CCCCN3)n2)cc1. The first kappa shape index (κ1) is 13.6. The zero-order valence-electron chi connectivity index (χ0n) is 11.8. The van der Waals surface area contributed by atoms with E-state index in [1.165, 1.54) is 17.7 Å². The molecule has 0 aliphatic carbocycles. The van der Waals surface area contributed by atoms with E-state index < -0.39 is 0 Å². The number of piperidine rings is 1. The fourth-order valence-corrected chi connectivity index (χ4v) is 2.95. The highest BCUT2D eigenvalue weighted by Crippen LogP contribution is 2.30. The van der Waals surface area contributed by atoms with Crippen LogP contribution in [0.5, 0.6) is 0 Å². The Hall–Kier alpha value is -1.33. The van der Waals surface area contributed by atoms with Crippen LogP contribution in [0.1, 0.15) is 32.1 Å². The molecule has 1 unspecified atom stereocenters. The third-order valence-electron chi connectivity index (χ3n) is 3.86. The van der Waals surface area contributed by atoms with Crippen molar-refractivity contribution in [2.24, 2.45) is 0 Å². The van der Waals surface area contributed by atoms with Crippen molar-refractivity contribution in [2.75, 3.05) is 12.8 Å². The van der Waals surface area contributed by atoms with Gasteiger partial charge in [0.15, 0.2) is 0 Å². The molecule has 1 atom stereocenters. The summed E-state index contributed by atoms with van der Waals surface area (Å²) in [4.78, 5) is 5.82. The molecule has 1 saturated heterocycles. The molecule has 0 radical (unpaired) electrons. The Morgan fingerprint density at radius 3 is 2.70 bits per heavy atom. The molecule has 0 amide bonds. The summed E-state index contributed by atoms with van der Waals surface area (Å²) in [6.07, 6.45) is 5.52. The minimum Gasteiger partial charge on any atom is -0.337 e. The number of nitrogens with one attached hydrogen (secondary N) is 1. The van der Waals surface area contributed by atoms with E-state index in [4.69, 9.17) is 4.52 Å². The molecule has 1 aliphatic rings. The van der Waals surface area contributed by atoms with E-state index in [-0.39, 0.29) is 5.54 Å². The molecule has 4 nitrogen and oxygen atoms in total. The molecule has 0 bridgehead atoms. The fraction of sp³-hybridized carbons (Fsp3) is 0.467. The number of nitrogens with zero attached hydrogens (tertiary/aromatic N) is 2. The van der Waals surface area contributed by atoms with Crippen LogP contribution in [0.15, 0.2) is 33.7 Å². The molecule has 3 rings (SSSR count). The molecular weight excluding hydrogens is 270 g/mol. The van der Waals surface area contributed by atoms with Gasteiger partial charge in [0.2, 0.25) is 11.7 Å². The van der Waals surface area contributed by atoms with E-state index >= 15 is 0 Å². The highest BCUT2D eigenvalue weighted by molar-refractivity contribution is 7.98. The van der Waals surface area contributed by atoms with Crippen molar-refractivity contribution in [2.45, 2.75) is 36.6 Å². The maximum atomic E-state index is 5.49. The van der Waals surface area contributed by atoms with Crippen LogP contribution >= 0.6 is 11.8 Å². The number of aromatic nitrogens is 2. The van der Waals surface area contributed by atoms with Crippen molar-refractivity contribution >= 4 is 11.8 Å². The standard InChI is InChI=1S/C15H19N3OS/c1-15(9-3-4-10-16-15)14-17-13(18-19-14)11-5-7-12(20-2)8-6-11/h5-8,16H,3-4,9-10H2,1-2H3. The van der Waals surface area contributed by atoms with Crippen LogP contribution < -0.4 is 5.32 Å². The van der Waals surface area contributed by atoms with Crippen LogP contribution in [0.3, 0.4) is 0 Å². The monoisotopic (exact) mass is 289 g/mol. The second-order valence-electron chi connectivity index (χ2n) is 5.37. The summed E-state index contributed by atoms with van der Waals surface area (Å²) in [6.45, 7) is 3.15. The van der Waals surface area contributed by atoms with Gasteiger partial charge < -0.3 is 9.84 Å². The predicted octanol–water partition coefficient (Wildman–Crippen LogP) is 3.45. The minimum atomic E-state index is -0.178. The maximum Gasteiger partial charge on any atom is 0.246 e. The van der Waals surface area contributed by atoms with Gasteiger partial charge in [-0.1, -0.05) is 5.16 Å². The van der Waals surface area contributed by atoms with Crippen LogP contribution in [0, 0.1) is 0 Å². The molecule has 1 aromatic heterocycles. The number of benzene rings is 1. The van der Waals surface area contributed by atoms with Gasteiger partial charge >= 0.3 is 0 Å². The fourth-order valence-electron chi connectivity index (χ4n) is 2.54. The van der Waals surface area contributed by atoms with Gasteiger partial charge in [0.05, 0.1) is 5.54 Å². The average molecular weight is 289 g/mol. The van der Waals surface area contributed by atoms with Gasteiger partial charge in [-0.2, -0.15) is 4.98 Å². The first-order valence-electron chi connectivity index (χ1n) is 6.95. The summed E-state index contributed by atoms with van der Waals surface area (Å²) in [6, 6.07) is 8.24. The molecule has 1 fully saturated rings. The second-order valence-corrected chi connectivity index (χ2v) is 6.25. The van der Waals surface area contributed by atoms with Crippen molar-refractivity contribution in [3.05, 3.63) is 30.2 Å². The Labute approximate surface area is 123 Å². The van der Waals surface area contributed by atoms with Crippen LogP contribution in [-0.4, -0.2) is 22.9 Å². The molecule has 1 aliphatic heterocycles. The topological polar surface area (TPSA) is 51.0 Å². The third kappa shape index (κ3) is 2.60. The smallest absolute Gasteiger partial charge is 0.246 e. The second kappa shape index (κ2) is 5.58. The molecule has 106 valence electrons. The Bertz CT molecular complexity index is 573. The lowest BCUT2D eigenvalue weighted by Crippen LogP contribution is -2.43. The van der Waals surface area contributed by atoms with Crippen molar-refractivity contribution in [3.63, 3.8) is 0 Å². The van der Waals surface area contributed by atoms with Gasteiger partial charge in [-0.25, -0.2) is 0 Å². The highest BCUT2D eigenvalue weighted by atomic mass is 32.2. The van der Waals surface area contributed by atoms with Crippen LogP contribution in [0.25, 0.3) is 11.4 Å². The van der Waals surface area contributed by atoms with Gasteiger partial charge in [-0.15, -0.1) is 11.8 Å². The molecule has 1 aromatic carbocycles. The predicted molar refractivity (Wildman–Crippen MR) is 80.7 cm³/mol. The number of rotatable bonds is 3. The van der Waals surface area contributed by atoms with Gasteiger partial charge in [-0.05, 0) is 63.3 Å². The first-order chi connectivity index (χ1) is 9.71. The van der Waals surface area contributed by atoms with E-state index in [2.05, 4.69) is 40.8 Å². The average Bonchev–Trinajstić information content (AvgIpc) is 2.99. The molecule has 2 aromatic rings. The lowest BCUT2D eigenvalue weighted by atomic mass is 9.91.